The Labute approximate surface area is 116 Å². The van der Waals surface area contributed by atoms with Gasteiger partial charge in [-0.05, 0) is 25.1 Å². The predicted octanol–water partition coefficient (Wildman–Crippen LogP) is 2.95. The Morgan fingerprint density at radius 1 is 1.15 bits per heavy atom. The van der Waals surface area contributed by atoms with Gasteiger partial charge in [0.1, 0.15) is 11.6 Å². The maximum Gasteiger partial charge on any atom is 0.247 e. The standard InChI is InChI=1S/C14H17F2N3O/c1-9(2)17-5-3-4-13-18-19-14(20-13)10-6-11(15)8-12(16)7-10/h6-9,17H,3-5H2,1-2H3. The molecule has 1 aromatic carbocycles. The number of hydrogen-bond acceptors (Lipinski definition) is 4. The van der Waals surface area contributed by atoms with Crippen LogP contribution in [0.4, 0.5) is 8.78 Å². The summed E-state index contributed by atoms with van der Waals surface area (Å²) >= 11 is 0. The fourth-order valence-electron chi connectivity index (χ4n) is 1.78. The first-order valence-electron chi connectivity index (χ1n) is 6.57. The molecule has 6 heteroatoms. The van der Waals surface area contributed by atoms with Crippen LogP contribution in [0.2, 0.25) is 0 Å². The molecule has 1 heterocycles. The number of benzene rings is 1. The van der Waals surface area contributed by atoms with E-state index in [1.54, 1.807) is 0 Å². The van der Waals surface area contributed by atoms with Crippen molar-refractivity contribution in [2.75, 3.05) is 6.54 Å². The highest BCUT2D eigenvalue weighted by atomic mass is 19.1. The number of nitrogens with zero attached hydrogens (tertiary/aromatic N) is 2. The van der Waals surface area contributed by atoms with Crippen LogP contribution >= 0.6 is 0 Å². The zero-order valence-electron chi connectivity index (χ0n) is 11.5. The first kappa shape index (κ1) is 14.6. The normalized spacial score (nSPS) is 11.2. The molecule has 0 fully saturated rings. The van der Waals surface area contributed by atoms with Crippen molar-refractivity contribution >= 4 is 0 Å². The van der Waals surface area contributed by atoms with Crippen molar-refractivity contribution in [1.29, 1.82) is 0 Å². The summed E-state index contributed by atoms with van der Waals surface area (Å²) in [7, 11) is 0. The van der Waals surface area contributed by atoms with Gasteiger partial charge in [-0.2, -0.15) is 0 Å². The Balaban J connectivity index is 1.98. The van der Waals surface area contributed by atoms with Crippen LogP contribution in [0.5, 0.6) is 0 Å². The summed E-state index contributed by atoms with van der Waals surface area (Å²) in [4.78, 5) is 0. The van der Waals surface area contributed by atoms with Gasteiger partial charge in [-0.1, -0.05) is 13.8 Å². The number of aromatic nitrogens is 2. The number of aryl methyl sites for hydroxylation is 1. The van der Waals surface area contributed by atoms with Gasteiger partial charge in [0.05, 0.1) is 0 Å². The Morgan fingerprint density at radius 3 is 2.50 bits per heavy atom. The van der Waals surface area contributed by atoms with E-state index in [-0.39, 0.29) is 11.5 Å². The van der Waals surface area contributed by atoms with Crippen LogP contribution in [0.15, 0.2) is 22.6 Å². The highest BCUT2D eigenvalue weighted by Crippen LogP contribution is 2.20. The lowest BCUT2D eigenvalue weighted by atomic mass is 10.2. The van der Waals surface area contributed by atoms with Crippen molar-refractivity contribution in [3.05, 3.63) is 35.7 Å². The molecule has 0 saturated heterocycles. The van der Waals surface area contributed by atoms with Gasteiger partial charge in [0.25, 0.3) is 0 Å². The summed E-state index contributed by atoms with van der Waals surface area (Å²) in [6.45, 7) is 5.00. The van der Waals surface area contributed by atoms with Crippen LogP contribution in [-0.4, -0.2) is 22.8 Å². The summed E-state index contributed by atoms with van der Waals surface area (Å²) < 4.78 is 31.6. The average molecular weight is 281 g/mol. The predicted molar refractivity (Wildman–Crippen MR) is 71.1 cm³/mol. The third-order valence-electron chi connectivity index (χ3n) is 2.70. The molecule has 0 radical (unpaired) electrons. The largest absolute Gasteiger partial charge is 0.421 e. The van der Waals surface area contributed by atoms with Crippen molar-refractivity contribution in [2.24, 2.45) is 0 Å². The molecule has 0 unspecified atom stereocenters. The van der Waals surface area contributed by atoms with Crippen LogP contribution < -0.4 is 5.32 Å². The SMILES string of the molecule is CC(C)NCCCc1nnc(-c2cc(F)cc(F)c2)o1. The molecule has 4 nitrogen and oxygen atoms in total. The number of halogens is 2. The Hall–Kier alpha value is -1.82. The fourth-order valence-corrected chi connectivity index (χ4v) is 1.78. The monoisotopic (exact) mass is 281 g/mol. The summed E-state index contributed by atoms with van der Waals surface area (Å²) in [5.41, 5.74) is 0.251. The van der Waals surface area contributed by atoms with E-state index in [0.717, 1.165) is 19.0 Å². The quantitative estimate of drug-likeness (QED) is 0.827. The molecule has 0 spiro atoms. The number of hydrogen-bond donors (Lipinski definition) is 1. The molecule has 0 aliphatic rings. The lowest BCUT2D eigenvalue weighted by Gasteiger charge is -2.05. The molecule has 0 aliphatic carbocycles. The molecule has 0 atom stereocenters. The molecule has 20 heavy (non-hydrogen) atoms. The maximum atomic E-state index is 13.1. The minimum atomic E-state index is -0.666. The minimum absolute atomic E-state index is 0.134. The second-order valence-electron chi connectivity index (χ2n) is 4.87. The van der Waals surface area contributed by atoms with Crippen molar-refractivity contribution in [3.8, 4) is 11.5 Å². The zero-order chi connectivity index (χ0) is 14.5. The van der Waals surface area contributed by atoms with Gasteiger partial charge in [-0.3, -0.25) is 0 Å². The zero-order valence-corrected chi connectivity index (χ0v) is 11.5. The summed E-state index contributed by atoms with van der Waals surface area (Å²) in [6.07, 6.45) is 1.49. The van der Waals surface area contributed by atoms with Crippen molar-refractivity contribution < 1.29 is 13.2 Å². The van der Waals surface area contributed by atoms with Crippen LogP contribution in [-0.2, 0) is 6.42 Å². The van der Waals surface area contributed by atoms with E-state index in [9.17, 15) is 8.78 Å². The lowest BCUT2D eigenvalue weighted by molar-refractivity contribution is 0.483. The van der Waals surface area contributed by atoms with E-state index in [0.29, 0.717) is 18.4 Å². The van der Waals surface area contributed by atoms with Crippen LogP contribution in [0.25, 0.3) is 11.5 Å². The topological polar surface area (TPSA) is 51.0 Å². The van der Waals surface area contributed by atoms with Crippen LogP contribution in [0.1, 0.15) is 26.2 Å². The Bertz CT molecular complexity index is 549. The van der Waals surface area contributed by atoms with E-state index < -0.39 is 11.6 Å². The van der Waals surface area contributed by atoms with Gasteiger partial charge in [0.15, 0.2) is 0 Å². The molecule has 0 bridgehead atoms. The van der Waals surface area contributed by atoms with Crippen LogP contribution in [0.3, 0.4) is 0 Å². The molecule has 108 valence electrons. The number of nitrogens with one attached hydrogen (secondary N) is 1. The van der Waals surface area contributed by atoms with E-state index in [1.165, 1.54) is 12.1 Å². The second-order valence-corrected chi connectivity index (χ2v) is 4.87. The molecule has 1 N–H and O–H groups in total. The first-order valence-corrected chi connectivity index (χ1v) is 6.57. The van der Waals surface area contributed by atoms with E-state index in [1.807, 2.05) is 0 Å². The fraction of sp³-hybridized carbons (Fsp3) is 0.429. The molecule has 1 aromatic heterocycles. The van der Waals surface area contributed by atoms with Gasteiger partial charge in [-0.15, -0.1) is 10.2 Å². The third-order valence-corrected chi connectivity index (χ3v) is 2.70. The smallest absolute Gasteiger partial charge is 0.247 e. The molecule has 0 saturated carbocycles. The molecule has 0 amide bonds. The molecule has 2 rings (SSSR count). The van der Waals surface area contributed by atoms with E-state index in [2.05, 4.69) is 29.4 Å². The maximum absolute atomic E-state index is 13.1. The summed E-state index contributed by atoms with van der Waals surface area (Å²) in [6, 6.07) is 3.57. The Morgan fingerprint density at radius 2 is 1.85 bits per heavy atom. The van der Waals surface area contributed by atoms with Crippen molar-refractivity contribution in [3.63, 3.8) is 0 Å². The highest BCUT2D eigenvalue weighted by molar-refractivity contribution is 5.52. The first-order chi connectivity index (χ1) is 9.54. The van der Waals surface area contributed by atoms with Gasteiger partial charge >= 0.3 is 0 Å². The highest BCUT2D eigenvalue weighted by Gasteiger charge is 2.11. The van der Waals surface area contributed by atoms with Crippen LogP contribution in [0, 0.1) is 11.6 Å². The number of rotatable bonds is 6. The minimum Gasteiger partial charge on any atom is -0.421 e. The molecule has 2 aromatic rings. The van der Waals surface area contributed by atoms with Gasteiger partial charge < -0.3 is 9.73 Å². The molecule has 0 aliphatic heterocycles. The molecular weight excluding hydrogens is 264 g/mol. The van der Waals surface area contributed by atoms with E-state index in [4.69, 9.17) is 4.42 Å². The summed E-state index contributed by atoms with van der Waals surface area (Å²) in [5.74, 6) is -0.729. The van der Waals surface area contributed by atoms with Crippen molar-refractivity contribution in [1.82, 2.24) is 15.5 Å². The second kappa shape index (κ2) is 6.56. The third kappa shape index (κ3) is 4.09. The van der Waals surface area contributed by atoms with Gasteiger partial charge in [0, 0.05) is 24.1 Å². The van der Waals surface area contributed by atoms with E-state index >= 15 is 0 Å². The lowest BCUT2D eigenvalue weighted by Crippen LogP contribution is -2.23. The van der Waals surface area contributed by atoms with Gasteiger partial charge in [-0.25, -0.2) is 8.78 Å². The van der Waals surface area contributed by atoms with Gasteiger partial charge in [0.2, 0.25) is 11.8 Å². The van der Waals surface area contributed by atoms with Crippen molar-refractivity contribution in [2.45, 2.75) is 32.7 Å². The average Bonchev–Trinajstić information content (AvgIpc) is 2.82. The molecular formula is C14H17F2N3O. The Kier molecular flexibility index (Phi) is 4.79. The summed E-state index contributed by atoms with van der Waals surface area (Å²) in [5, 5.41) is 11.0.